The SMILES string of the molecule is CC1(C)CC(=O)C2=C(C1)N(c1ccc(Br)cc1)C(N)=C(C#N)[C@H]2c1ccc(Br)s1. The highest BCUT2D eigenvalue weighted by molar-refractivity contribution is 9.11. The Labute approximate surface area is 191 Å². The number of thiophene rings is 1. The zero-order chi connectivity index (χ0) is 20.9. The van der Waals surface area contributed by atoms with Crippen molar-refractivity contribution in [2.45, 2.75) is 32.6 Å². The number of benzene rings is 1. The van der Waals surface area contributed by atoms with Gasteiger partial charge in [0, 0.05) is 32.7 Å². The Hall–Kier alpha value is -1.88. The van der Waals surface area contributed by atoms with Gasteiger partial charge < -0.3 is 5.73 Å². The normalized spacial score (nSPS) is 21.3. The van der Waals surface area contributed by atoms with Crippen molar-refractivity contribution < 1.29 is 4.79 Å². The number of carbonyl (C=O) groups excluding carboxylic acids is 1. The maximum Gasteiger partial charge on any atom is 0.162 e. The van der Waals surface area contributed by atoms with Crippen molar-refractivity contribution in [3.05, 3.63) is 72.2 Å². The maximum atomic E-state index is 13.4. The van der Waals surface area contributed by atoms with Crippen LogP contribution < -0.4 is 10.6 Å². The van der Waals surface area contributed by atoms with Gasteiger partial charge in [0.1, 0.15) is 5.82 Å². The minimum Gasteiger partial charge on any atom is -0.384 e. The molecule has 2 aromatic rings. The average molecular weight is 533 g/mol. The van der Waals surface area contributed by atoms with Gasteiger partial charge in [-0.3, -0.25) is 9.69 Å². The number of anilines is 1. The Bertz CT molecular complexity index is 1110. The summed E-state index contributed by atoms with van der Waals surface area (Å²) in [7, 11) is 0. The third-order valence-corrected chi connectivity index (χ3v) is 7.56. The van der Waals surface area contributed by atoms with E-state index in [1.54, 1.807) is 0 Å². The van der Waals surface area contributed by atoms with E-state index in [-0.39, 0.29) is 11.2 Å². The number of Topliss-reactive ketones (excluding diaryl/α,β-unsaturated/α-hetero) is 1. The number of hydrogen-bond donors (Lipinski definition) is 1. The Morgan fingerprint density at radius 2 is 1.86 bits per heavy atom. The number of nitriles is 1. The first-order valence-corrected chi connectivity index (χ1v) is 11.6. The number of halogens is 2. The van der Waals surface area contributed by atoms with Crippen molar-refractivity contribution in [1.29, 1.82) is 5.26 Å². The Balaban J connectivity index is 1.99. The average Bonchev–Trinajstić information content (AvgIpc) is 3.07. The number of nitrogens with zero attached hydrogens (tertiary/aromatic N) is 2. The van der Waals surface area contributed by atoms with Crippen LogP contribution in [0.2, 0.25) is 0 Å². The second-order valence-corrected chi connectivity index (χ2v) is 11.5. The van der Waals surface area contributed by atoms with Crippen molar-refractivity contribution in [3.63, 3.8) is 0 Å². The lowest BCUT2D eigenvalue weighted by Gasteiger charge is -2.43. The molecule has 2 N–H and O–H groups in total. The molecule has 1 aromatic heterocycles. The number of ketones is 1. The largest absolute Gasteiger partial charge is 0.384 e. The van der Waals surface area contributed by atoms with Gasteiger partial charge in [0.05, 0.1) is 21.3 Å². The number of rotatable bonds is 2. The van der Waals surface area contributed by atoms with E-state index in [0.29, 0.717) is 29.8 Å². The molecule has 0 bridgehead atoms. The molecule has 1 aromatic carbocycles. The summed E-state index contributed by atoms with van der Waals surface area (Å²) in [6.07, 6.45) is 1.17. The summed E-state index contributed by atoms with van der Waals surface area (Å²) >= 11 is 8.51. The Morgan fingerprint density at radius 3 is 2.45 bits per heavy atom. The Morgan fingerprint density at radius 1 is 1.17 bits per heavy atom. The topological polar surface area (TPSA) is 70.1 Å². The van der Waals surface area contributed by atoms with E-state index in [0.717, 1.165) is 24.5 Å². The van der Waals surface area contributed by atoms with Crippen LogP contribution >= 0.6 is 43.2 Å². The molecule has 7 heteroatoms. The van der Waals surface area contributed by atoms with E-state index in [1.807, 2.05) is 41.3 Å². The standard InChI is InChI=1S/C22H19Br2N3OS/c1-22(2)9-15-20(16(28)10-22)19(17-7-8-18(24)29-17)14(11-25)21(26)27(15)13-5-3-12(23)4-6-13/h3-8,19H,9-10,26H2,1-2H3/t19-/m0/s1. The summed E-state index contributed by atoms with van der Waals surface area (Å²) in [4.78, 5) is 16.2. The van der Waals surface area contributed by atoms with Gasteiger partial charge in [0.25, 0.3) is 0 Å². The molecular formula is C22H19Br2N3OS. The molecule has 1 aliphatic carbocycles. The second kappa shape index (κ2) is 7.42. The molecule has 148 valence electrons. The van der Waals surface area contributed by atoms with E-state index in [2.05, 4.69) is 51.8 Å². The quantitative estimate of drug-likeness (QED) is 0.498. The van der Waals surface area contributed by atoms with E-state index >= 15 is 0 Å². The van der Waals surface area contributed by atoms with Crippen molar-refractivity contribution in [1.82, 2.24) is 0 Å². The van der Waals surface area contributed by atoms with Gasteiger partial charge >= 0.3 is 0 Å². The number of hydrogen-bond acceptors (Lipinski definition) is 5. The highest BCUT2D eigenvalue weighted by Gasteiger charge is 2.45. The monoisotopic (exact) mass is 531 g/mol. The molecule has 0 radical (unpaired) electrons. The summed E-state index contributed by atoms with van der Waals surface area (Å²) in [5.74, 6) is 0.0725. The molecular weight excluding hydrogens is 514 g/mol. The molecule has 4 rings (SSSR count). The van der Waals surface area contributed by atoms with Crippen LogP contribution in [0.1, 0.15) is 37.5 Å². The first kappa shape index (κ1) is 20.4. The second-order valence-electron chi connectivity index (χ2n) is 8.10. The molecule has 1 atom stereocenters. The van der Waals surface area contributed by atoms with Crippen LogP contribution in [0.5, 0.6) is 0 Å². The fourth-order valence-corrected chi connectivity index (χ4v) is 5.97. The number of nitrogens with two attached hydrogens (primary N) is 1. The zero-order valence-electron chi connectivity index (χ0n) is 16.0. The van der Waals surface area contributed by atoms with Crippen LogP contribution in [0.15, 0.2) is 67.3 Å². The van der Waals surface area contributed by atoms with E-state index in [9.17, 15) is 10.1 Å². The highest BCUT2D eigenvalue weighted by Crippen LogP contribution is 2.51. The first-order valence-electron chi connectivity index (χ1n) is 9.19. The zero-order valence-corrected chi connectivity index (χ0v) is 20.0. The van der Waals surface area contributed by atoms with E-state index in [4.69, 9.17) is 5.73 Å². The fourth-order valence-electron chi connectivity index (χ4n) is 4.16. The van der Waals surface area contributed by atoms with E-state index < -0.39 is 5.92 Å². The number of carbonyl (C=O) groups is 1. The Kier molecular flexibility index (Phi) is 5.22. The highest BCUT2D eigenvalue weighted by atomic mass is 79.9. The van der Waals surface area contributed by atoms with Crippen LogP contribution in [0.4, 0.5) is 5.69 Å². The van der Waals surface area contributed by atoms with E-state index in [1.165, 1.54) is 11.3 Å². The summed E-state index contributed by atoms with van der Waals surface area (Å²) in [6, 6.07) is 14.0. The van der Waals surface area contributed by atoms with Crippen molar-refractivity contribution in [2.75, 3.05) is 4.90 Å². The van der Waals surface area contributed by atoms with Crippen LogP contribution in [0.3, 0.4) is 0 Å². The van der Waals surface area contributed by atoms with Gasteiger partial charge in [-0.05, 0) is 64.2 Å². The van der Waals surface area contributed by atoms with Crippen LogP contribution in [0, 0.1) is 16.7 Å². The van der Waals surface area contributed by atoms with Crippen LogP contribution in [-0.4, -0.2) is 5.78 Å². The summed E-state index contributed by atoms with van der Waals surface area (Å²) in [5.41, 5.74) is 9.30. The number of allylic oxidation sites excluding steroid dienone is 3. The van der Waals surface area contributed by atoms with Crippen molar-refractivity contribution >= 4 is 54.7 Å². The molecule has 0 unspecified atom stereocenters. The van der Waals surface area contributed by atoms with Gasteiger partial charge in [-0.15, -0.1) is 11.3 Å². The molecule has 0 fully saturated rings. The molecule has 0 saturated heterocycles. The molecule has 0 spiro atoms. The summed E-state index contributed by atoms with van der Waals surface area (Å²) in [5, 5.41) is 10.0. The summed E-state index contributed by atoms with van der Waals surface area (Å²) < 4.78 is 1.92. The summed E-state index contributed by atoms with van der Waals surface area (Å²) in [6.45, 7) is 4.20. The molecule has 29 heavy (non-hydrogen) atoms. The maximum absolute atomic E-state index is 13.4. The molecule has 0 amide bonds. The predicted octanol–water partition coefficient (Wildman–Crippen LogP) is 6.21. The minimum atomic E-state index is -0.415. The van der Waals surface area contributed by atoms with Crippen molar-refractivity contribution in [2.24, 2.45) is 11.1 Å². The smallest absolute Gasteiger partial charge is 0.162 e. The van der Waals surface area contributed by atoms with Gasteiger partial charge in [0.15, 0.2) is 5.78 Å². The molecule has 2 heterocycles. The third kappa shape index (κ3) is 3.58. The molecule has 0 saturated carbocycles. The van der Waals surface area contributed by atoms with Crippen LogP contribution in [-0.2, 0) is 4.79 Å². The van der Waals surface area contributed by atoms with Crippen LogP contribution in [0.25, 0.3) is 0 Å². The first-order chi connectivity index (χ1) is 13.7. The molecule has 1 aliphatic heterocycles. The lowest BCUT2D eigenvalue weighted by atomic mass is 9.69. The lowest BCUT2D eigenvalue weighted by molar-refractivity contribution is -0.118. The molecule has 4 nitrogen and oxygen atoms in total. The van der Waals surface area contributed by atoms with Gasteiger partial charge in [-0.1, -0.05) is 29.8 Å². The third-order valence-electron chi connectivity index (χ3n) is 5.34. The molecule has 2 aliphatic rings. The lowest BCUT2D eigenvalue weighted by Crippen LogP contribution is -2.42. The predicted molar refractivity (Wildman–Crippen MR) is 123 cm³/mol. The fraction of sp³-hybridized carbons (Fsp3) is 0.273. The van der Waals surface area contributed by atoms with Gasteiger partial charge in [0.2, 0.25) is 0 Å². The van der Waals surface area contributed by atoms with Crippen molar-refractivity contribution in [3.8, 4) is 6.07 Å². The minimum absolute atomic E-state index is 0.0909. The van der Waals surface area contributed by atoms with Gasteiger partial charge in [-0.25, -0.2) is 0 Å². The van der Waals surface area contributed by atoms with Gasteiger partial charge in [-0.2, -0.15) is 5.26 Å².